The lowest BCUT2D eigenvalue weighted by molar-refractivity contribution is 0.0743. The maximum atomic E-state index is 14.4. The van der Waals surface area contributed by atoms with Gasteiger partial charge in [0, 0.05) is 43.6 Å². The highest BCUT2D eigenvalue weighted by atomic mass is 19.1. The highest BCUT2D eigenvalue weighted by molar-refractivity contribution is 5.94. The maximum absolute atomic E-state index is 14.4. The fourth-order valence-electron chi connectivity index (χ4n) is 3.92. The monoisotopic (exact) mass is 327 g/mol. The number of amides is 1. The molecule has 0 spiro atoms. The van der Waals surface area contributed by atoms with E-state index < -0.39 is 0 Å². The molecule has 4 rings (SSSR count). The molecule has 0 N–H and O–H groups in total. The highest BCUT2D eigenvalue weighted by Gasteiger charge is 2.31. The maximum Gasteiger partial charge on any atom is 0.254 e. The standard InChI is InChI=1S/C19H22FN3O/c20-17-13-15(6-7-18(17)22-8-1-2-9-22)19(24)23-12-4-11-21-10-3-5-16(21)14-23/h1-2,6-9,13,16H,3-5,10-12,14H2/t16-/m0/s1. The van der Waals surface area contributed by atoms with E-state index in [1.807, 2.05) is 17.0 Å². The third-order valence-electron chi connectivity index (χ3n) is 5.17. The molecule has 3 heterocycles. The van der Waals surface area contributed by atoms with E-state index in [-0.39, 0.29) is 11.7 Å². The minimum atomic E-state index is -0.366. The van der Waals surface area contributed by atoms with E-state index in [4.69, 9.17) is 0 Å². The number of carbonyl (C=O) groups is 1. The van der Waals surface area contributed by atoms with Gasteiger partial charge < -0.3 is 9.47 Å². The molecule has 0 bridgehead atoms. The number of hydrogen-bond donors (Lipinski definition) is 0. The second-order valence-electron chi connectivity index (χ2n) is 6.69. The molecule has 1 amide bonds. The van der Waals surface area contributed by atoms with Crippen LogP contribution >= 0.6 is 0 Å². The van der Waals surface area contributed by atoms with Gasteiger partial charge in [0.2, 0.25) is 0 Å². The Kier molecular flexibility index (Phi) is 4.10. The summed E-state index contributed by atoms with van der Waals surface area (Å²) in [6.07, 6.45) is 6.95. The molecule has 2 aliphatic heterocycles. The molecule has 24 heavy (non-hydrogen) atoms. The van der Waals surface area contributed by atoms with Gasteiger partial charge in [0.25, 0.3) is 5.91 Å². The van der Waals surface area contributed by atoms with Gasteiger partial charge in [0.1, 0.15) is 5.82 Å². The fraction of sp³-hybridized carbons (Fsp3) is 0.421. The van der Waals surface area contributed by atoms with Crippen LogP contribution in [0.15, 0.2) is 42.7 Å². The van der Waals surface area contributed by atoms with Crippen molar-refractivity contribution in [3.8, 4) is 5.69 Å². The molecular weight excluding hydrogens is 305 g/mol. The van der Waals surface area contributed by atoms with Crippen LogP contribution in [-0.4, -0.2) is 52.5 Å². The van der Waals surface area contributed by atoms with Crippen molar-refractivity contribution in [3.63, 3.8) is 0 Å². The molecule has 4 nitrogen and oxygen atoms in total. The lowest BCUT2D eigenvalue weighted by Gasteiger charge is -2.25. The molecular formula is C19H22FN3O. The van der Waals surface area contributed by atoms with Crippen molar-refractivity contribution >= 4 is 5.91 Å². The molecule has 2 fully saturated rings. The van der Waals surface area contributed by atoms with Crippen molar-refractivity contribution in [2.24, 2.45) is 0 Å². The van der Waals surface area contributed by atoms with Crippen LogP contribution in [0.2, 0.25) is 0 Å². The van der Waals surface area contributed by atoms with Gasteiger partial charge in [-0.05, 0) is 56.1 Å². The van der Waals surface area contributed by atoms with Gasteiger partial charge in [-0.3, -0.25) is 9.69 Å². The topological polar surface area (TPSA) is 28.5 Å². The molecule has 0 saturated carbocycles. The zero-order chi connectivity index (χ0) is 16.5. The Hall–Kier alpha value is -2.14. The molecule has 5 heteroatoms. The summed E-state index contributed by atoms with van der Waals surface area (Å²) in [5.41, 5.74) is 0.907. The Morgan fingerprint density at radius 3 is 2.67 bits per heavy atom. The van der Waals surface area contributed by atoms with E-state index in [2.05, 4.69) is 4.90 Å². The number of fused-ring (bicyclic) bond motifs is 1. The van der Waals surface area contributed by atoms with Crippen LogP contribution in [0.4, 0.5) is 4.39 Å². The van der Waals surface area contributed by atoms with Gasteiger partial charge >= 0.3 is 0 Å². The Bertz CT molecular complexity index is 728. The quantitative estimate of drug-likeness (QED) is 0.848. The molecule has 2 aliphatic rings. The average molecular weight is 327 g/mol. The van der Waals surface area contributed by atoms with Crippen LogP contribution in [0.3, 0.4) is 0 Å². The molecule has 126 valence electrons. The second kappa shape index (κ2) is 6.40. The Balaban J connectivity index is 1.54. The van der Waals surface area contributed by atoms with Crippen molar-refractivity contribution in [3.05, 3.63) is 54.1 Å². The summed E-state index contributed by atoms with van der Waals surface area (Å²) in [6.45, 7) is 3.73. The van der Waals surface area contributed by atoms with Crippen LogP contribution in [0, 0.1) is 5.82 Å². The smallest absolute Gasteiger partial charge is 0.254 e. The first-order chi connectivity index (χ1) is 11.7. The third kappa shape index (κ3) is 2.84. The normalized spacial score (nSPS) is 21.5. The van der Waals surface area contributed by atoms with Gasteiger partial charge in [0.05, 0.1) is 5.69 Å². The summed E-state index contributed by atoms with van der Waals surface area (Å²) >= 11 is 0. The summed E-state index contributed by atoms with van der Waals surface area (Å²) in [5, 5.41) is 0. The Morgan fingerprint density at radius 2 is 1.88 bits per heavy atom. The van der Waals surface area contributed by atoms with Crippen LogP contribution in [-0.2, 0) is 0 Å². The van der Waals surface area contributed by atoms with E-state index in [0.717, 1.165) is 39.0 Å². The van der Waals surface area contributed by atoms with Crippen LogP contribution in [0.5, 0.6) is 0 Å². The Morgan fingerprint density at radius 1 is 1.08 bits per heavy atom. The zero-order valence-electron chi connectivity index (χ0n) is 13.7. The van der Waals surface area contributed by atoms with Gasteiger partial charge in [-0.1, -0.05) is 0 Å². The number of rotatable bonds is 2. The van der Waals surface area contributed by atoms with E-state index in [1.54, 1.807) is 29.1 Å². The van der Waals surface area contributed by atoms with E-state index in [1.165, 1.54) is 12.5 Å². The molecule has 0 aliphatic carbocycles. The predicted octanol–water partition coefficient (Wildman–Crippen LogP) is 2.93. The van der Waals surface area contributed by atoms with E-state index >= 15 is 0 Å². The van der Waals surface area contributed by atoms with Crippen LogP contribution in [0.1, 0.15) is 29.6 Å². The van der Waals surface area contributed by atoms with Crippen molar-refractivity contribution in [1.29, 1.82) is 0 Å². The largest absolute Gasteiger partial charge is 0.337 e. The Labute approximate surface area is 141 Å². The van der Waals surface area contributed by atoms with Crippen molar-refractivity contribution in [2.75, 3.05) is 26.2 Å². The van der Waals surface area contributed by atoms with E-state index in [0.29, 0.717) is 17.3 Å². The molecule has 2 aromatic rings. The predicted molar refractivity (Wildman–Crippen MR) is 90.8 cm³/mol. The van der Waals surface area contributed by atoms with Crippen LogP contribution in [0.25, 0.3) is 5.69 Å². The van der Waals surface area contributed by atoms with Gasteiger partial charge in [-0.15, -0.1) is 0 Å². The molecule has 2 saturated heterocycles. The summed E-state index contributed by atoms with van der Waals surface area (Å²) in [5.74, 6) is -0.420. The lowest BCUT2D eigenvalue weighted by Crippen LogP contribution is -2.39. The van der Waals surface area contributed by atoms with Crippen LogP contribution < -0.4 is 0 Å². The highest BCUT2D eigenvalue weighted by Crippen LogP contribution is 2.23. The number of benzene rings is 1. The summed E-state index contributed by atoms with van der Waals surface area (Å²) < 4.78 is 16.2. The number of carbonyl (C=O) groups excluding carboxylic acids is 1. The molecule has 1 aromatic heterocycles. The number of nitrogens with zero attached hydrogens (tertiary/aromatic N) is 3. The van der Waals surface area contributed by atoms with Crippen molar-refractivity contribution in [1.82, 2.24) is 14.4 Å². The van der Waals surface area contributed by atoms with Gasteiger partial charge in [0.15, 0.2) is 0 Å². The second-order valence-corrected chi connectivity index (χ2v) is 6.69. The van der Waals surface area contributed by atoms with Gasteiger partial charge in [-0.25, -0.2) is 4.39 Å². The number of hydrogen-bond acceptors (Lipinski definition) is 2. The molecule has 1 atom stereocenters. The number of halogens is 1. The molecule has 0 unspecified atom stereocenters. The SMILES string of the molecule is O=C(c1ccc(-n2cccc2)c(F)c1)N1CCCN2CCC[C@H]2C1. The van der Waals surface area contributed by atoms with Crippen molar-refractivity contribution in [2.45, 2.75) is 25.3 Å². The third-order valence-corrected chi connectivity index (χ3v) is 5.17. The first-order valence-electron chi connectivity index (χ1n) is 8.68. The number of aromatic nitrogens is 1. The van der Waals surface area contributed by atoms with Crippen molar-refractivity contribution < 1.29 is 9.18 Å². The van der Waals surface area contributed by atoms with Gasteiger partial charge in [-0.2, -0.15) is 0 Å². The molecule has 1 aromatic carbocycles. The zero-order valence-corrected chi connectivity index (χ0v) is 13.7. The van der Waals surface area contributed by atoms with E-state index in [9.17, 15) is 9.18 Å². The summed E-state index contributed by atoms with van der Waals surface area (Å²) in [4.78, 5) is 17.2. The fourth-order valence-corrected chi connectivity index (χ4v) is 3.92. The minimum Gasteiger partial charge on any atom is -0.337 e. The average Bonchev–Trinajstić information content (AvgIpc) is 3.22. The summed E-state index contributed by atoms with van der Waals surface area (Å²) in [7, 11) is 0. The molecule has 0 radical (unpaired) electrons. The first kappa shape index (κ1) is 15.4. The summed E-state index contributed by atoms with van der Waals surface area (Å²) in [6, 6.07) is 8.96. The first-order valence-corrected chi connectivity index (χ1v) is 8.68. The minimum absolute atomic E-state index is 0.0540. The lowest BCUT2D eigenvalue weighted by atomic mass is 10.1.